The van der Waals surface area contributed by atoms with E-state index >= 15 is 0 Å². The standard InChI is InChI=1S/C28H34N2O4/c1-26-13-17-15-29-30(19-6-4-3-5-7-19)22(17)12-18(26)8-9-20-21-10-11-28(34,24(33)16-31)27(21,2)14-23(32)25(20)26/h3-7,12,15,20-21,23,25,31-32,34H,8-11,13-14,16H2,1-2H3/t20?,21?,23-,25?,26-,27-,28-/m0/s1. The van der Waals surface area contributed by atoms with Crippen molar-refractivity contribution in [3.63, 3.8) is 0 Å². The summed E-state index contributed by atoms with van der Waals surface area (Å²) in [5.74, 6) is -0.0258. The highest BCUT2D eigenvalue weighted by Gasteiger charge is 2.68. The van der Waals surface area contributed by atoms with E-state index in [1.807, 2.05) is 36.0 Å². The zero-order chi connectivity index (χ0) is 23.9. The number of aromatic nitrogens is 2. The van der Waals surface area contributed by atoms with Crippen molar-refractivity contribution in [3.05, 3.63) is 53.4 Å². The van der Waals surface area contributed by atoms with Gasteiger partial charge in [0.25, 0.3) is 0 Å². The van der Waals surface area contributed by atoms with Crippen molar-refractivity contribution in [3.8, 4) is 5.69 Å². The van der Waals surface area contributed by atoms with Crippen LogP contribution in [-0.2, 0) is 11.2 Å². The topological polar surface area (TPSA) is 95.6 Å². The summed E-state index contributed by atoms with van der Waals surface area (Å²) in [5.41, 5.74) is 2.33. The Hall–Kier alpha value is -2.28. The second kappa shape index (κ2) is 7.36. The number of fused-ring (bicyclic) bond motifs is 6. The number of ketones is 1. The number of nitrogens with zero attached hydrogens (tertiary/aromatic N) is 2. The van der Waals surface area contributed by atoms with E-state index in [9.17, 15) is 20.1 Å². The summed E-state index contributed by atoms with van der Waals surface area (Å²) in [6, 6.07) is 10.2. The quantitative estimate of drug-likeness (QED) is 0.650. The Morgan fingerprint density at radius 2 is 1.97 bits per heavy atom. The van der Waals surface area contributed by atoms with E-state index in [1.165, 1.54) is 11.1 Å². The molecule has 6 heteroatoms. The van der Waals surface area contributed by atoms with E-state index < -0.39 is 29.5 Å². The number of para-hydroxylation sites is 1. The van der Waals surface area contributed by atoms with Gasteiger partial charge in [0, 0.05) is 5.41 Å². The number of allylic oxidation sites excluding steroid dienone is 1. The van der Waals surface area contributed by atoms with Crippen LogP contribution in [0.4, 0.5) is 0 Å². The van der Waals surface area contributed by atoms with Crippen molar-refractivity contribution in [1.29, 1.82) is 0 Å². The number of hydrogen-bond donors (Lipinski definition) is 3. The minimum atomic E-state index is -1.55. The maximum atomic E-state index is 12.6. The van der Waals surface area contributed by atoms with E-state index in [4.69, 9.17) is 5.10 Å². The molecule has 1 aromatic carbocycles. The minimum Gasteiger partial charge on any atom is -0.393 e. The molecular weight excluding hydrogens is 428 g/mol. The predicted molar refractivity (Wildman–Crippen MR) is 128 cm³/mol. The number of aliphatic hydroxyl groups excluding tert-OH is 2. The molecule has 6 rings (SSSR count). The smallest absolute Gasteiger partial charge is 0.190 e. The lowest BCUT2D eigenvalue weighted by molar-refractivity contribution is -0.181. The lowest BCUT2D eigenvalue weighted by Gasteiger charge is -2.60. The highest BCUT2D eigenvalue weighted by Crippen LogP contribution is 2.67. The van der Waals surface area contributed by atoms with Crippen LogP contribution in [0.3, 0.4) is 0 Å². The van der Waals surface area contributed by atoms with Gasteiger partial charge in [-0.3, -0.25) is 4.79 Å². The van der Waals surface area contributed by atoms with Crippen molar-refractivity contribution >= 4 is 11.9 Å². The molecule has 0 radical (unpaired) electrons. The molecule has 3 saturated carbocycles. The summed E-state index contributed by atoms with van der Waals surface area (Å²) in [4.78, 5) is 12.6. The fourth-order valence-corrected chi connectivity index (χ4v) is 8.55. The van der Waals surface area contributed by atoms with Crippen molar-refractivity contribution < 1.29 is 20.1 Å². The molecule has 0 spiro atoms. The van der Waals surface area contributed by atoms with Crippen LogP contribution in [0.25, 0.3) is 11.8 Å². The average Bonchev–Trinajstić information content (AvgIpc) is 3.35. The molecule has 3 N–H and O–H groups in total. The summed E-state index contributed by atoms with van der Waals surface area (Å²) in [7, 11) is 0. The highest BCUT2D eigenvalue weighted by molar-refractivity contribution is 5.89. The van der Waals surface area contributed by atoms with Crippen molar-refractivity contribution in [2.24, 2.45) is 28.6 Å². The third-order valence-corrected chi connectivity index (χ3v) is 10.2. The van der Waals surface area contributed by atoms with Crippen LogP contribution in [-0.4, -0.2) is 49.2 Å². The molecule has 1 aromatic heterocycles. The van der Waals surface area contributed by atoms with Gasteiger partial charge in [-0.25, -0.2) is 4.68 Å². The van der Waals surface area contributed by atoms with Crippen molar-refractivity contribution in [2.75, 3.05) is 6.61 Å². The number of aliphatic hydroxyl groups is 3. The predicted octanol–water partition coefficient (Wildman–Crippen LogP) is 3.32. The normalized spacial score (nSPS) is 40.6. The molecule has 180 valence electrons. The van der Waals surface area contributed by atoms with Gasteiger partial charge < -0.3 is 15.3 Å². The second-order valence-electron chi connectivity index (χ2n) is 11.6. The van der Waals surface area contributed by atoms with Gasteiger partial charge in [-0.2, -0.15) is 5.10 Å². The first kappa shape index (κ1) is 22.2. The first-order chi connectivity index (χ1) is 16.2. The average molecular weight is 463 g/mol. The number of carbonyl (C=O) groups is 1. The number of hydrogen-bond acceptors (Lipinski definition) is 5. The van der Waals surface area contributed by atoms with Gasteiger partial charge in [-0.1, -0.05) is 37.6 Å². The van der Waals surface area contributed by atoms with Crippen molar-refractivity contribution in [1.82, 2.24) is 9.78 Å². The van der Waals surface area contributed by atoms with Crippen molar-refractivity contribution in [2.45, 2.75) is 64.1 Å². The molecule has 34 heavy (non-hydrogen) atoms. The summed E-state index contributed by atoms with van der Waals surface area (Å²) < 4.78 is 2.01. The van der Waals surface area contributed by atoms with Gasteiger partial charge in [0.15, 0.2) is 5.78 Å². The van der Waals surface area contributed by atoms with Gasteiger partial charge >= 0.3 is 0 Å². The molecule has 0 saturated heterocycles. The lowest BCUT2D eigenvalue weighted by Crippen LogP contribution is -2.62. The van der Waals surface area contributed by atoms with Crippen LogP contribution < -0.4 is 0 Å². The molecular formula is C28H34N2O4. The Bertz CT molecular complexity index is 1170. The first-order valence-corrected chi connectivity index (χ1v) is 12.6. The summed E-state index contributed by atoms with van der Waals surface area (Å²) >= 11 is 0. The van der Waals surface area contributed by atoms with Gasteiger partial charge in [0.1, 0.15) is 12.2 Å². The largest absolute Gasteiger partial charge is 0.393 e. The molecule has 1 heterocycles. The number of benzene rings is 1. The van der Waals surface area contributed by atoms with Crippen LogP contribution in [0, 0.1) is 28.6 Å². The number of rotatable bonds is 3. The second-order valence-corrected chi connectivity index (χ2v) is 11.6. The molecule has 4 aliphatic carbocycles. The molecule has 3 fully saturated rings. The zero-order valence-corrected chi connectivity index (χ0v) is 19.9. The van der Waals surface area contributed by atoms with E-state index in [1.54, 1.807) is 0 Å². The van der Waals surface area contributed by atoms with Crippen LogP contribution in [0.1, 0.15) is 57.2 Å². The maximum Gasteiger partial charge on any atom is 0.190 e. The molecule has 3 unspecified atom stereocenters. The molecule has 2 aromatic rings. The monoisotopic (exact) mass is 462 g/mol. The minimum absolute atomic E-state index is 0.0744. The molecule has 0 bridgehead atoms. The Labute approximate surface area is 200 Å². The Morgan fingerprint density at radius 1 is 1.21 bits per heavy atom. The Balaban J connectivity index is 1.38. The summed E-state index contributed by atoms with van der Waals surface area (Å²) in [6.07, 6.45) is 7.92. The van der Waals surface area contributed by atoms with Gasteiger partial charge in [0.05, 0.1) is 23.7 Å². The first-order valence-electron chi connectivity index (χ1n) is 12.6. The van der Waals surface area contributed by atoms with Gasteiger partial charge in [0.2, 0.25) is 0 Å². The van der Waals surface area contributed by atoms with Gasteiger partial charge in [-0.05, 0) is 85.5 Å². The maximum absolute atomic E-state index is 12.6. The fraction of sp³-hybridized carbons (Fsp3) is 0.571. The van der Waals surface area contributed by atoms with Crippen LogP contribution >= 0.6 is 0 Å². The molecule has 0 amide bonds. The molecule has 0 aliphatic heterocycles. The highest BCUT2D eigenvalue weighted by atomic mass is 16.3. The van der Waals surface area contributed by atoms with E-state index in [2.05, 4.69) is 25.1 Å². The number of Topliss-reactive ketones (excluding diaryl/α,β-unsaturated/α-hetero) is 1. The summed E-state index contributed by atoms with van der Waals surface area (Å²) in [6.45, 7) is 3.61. The van der Waals surface area contributed by atoms with E-state index in [-0.39, 0.29) is 23.2 Å². The van der Waals surface area contributed by atoms with Crippen LogP contribution in [0.2, 0.25) is 0 Å². The van der Waals surface area contributed by atoms with E-state index in [0.717, 1.165) is 37.1 Å². The SMILES string of the molecule is C[C@]12Cc3cnn(-c4ccccc4)c3C=C1CCC1C2[C@@H](O)C[C@@]2(C)C1CC[C@]2(O)C(=O)CO. The number of carbonyl (C=O) groups excluding carboxylic acids is 1. The van der Waals surface area contributed by atoms with E-state index in [0.29, 0.717) is 12.8 Å². The molecule has 4 aliphatic rings. The molecule has 7 atom stereocenters. The lowest BCUT2D eigenvalue weighted by atomic mass is 9.45. The third kappa shape index (κ3) is 2.73. The van der Waals surface area contributed by atoms with Crippen LogP contribution in [0.5, 0.6) is 0 Å². The Kier molecular flexibility index (Phi) is 4.81. The third-order valence-electron chi connectivity index (χ3n) is 10.2. The zero-order valence-electron chi connectivity index (χ0n) is 19.9. The summed E-state index contributed by atoms with van der Waals surface area (Å²) in [5, 5.41) is 37.3. The van der Waals surface area contributed by atoms with Crippen LogP contribution in [0.15, 0.2) is 42.1 Å². The molecule has 6 nitrogen and oxygen atoms in total. The van der Waals surface area contributed by atoms with Gasteiger partial charge in [-0.15, -0.1) is 0 Å². The fourth-order valence-electron chi connectivity index (χ4n) is 8.55. The Morgan fingerprint density at radius 3 is 2.71 bits per heavy atom.